The summed E-state index contributed by atoms with van der Waals surface area (Å²) in [5.74, 6) is 0.553. The molecular weight excluding hydrogens is 258 g/mol. The Hall–Kier alpha value is -0.250. The van der Waals surface area contributed by atoms with Gasteiger partial charge in [0.05, 0.1) is 0 Å². The van der Waals surface area contributed by atoms with E-state index in [4.69, 9.17) is 4.74 Å². The van der Waals surface area contributed by atoms with E-state index in [9.17, 15) is 4.79 Å². The number of amides is 1. The molecule has 1 amide bonds. The molecule has 0 aliphatic carbocycles. The third kappa shape index (κ3) is 4.01. The Morgan fingerprint density at radius 3 is 2.53 bits per heavy atom. The topological polar surface area (TPSA) is 29.5 Å². The van der Waals surface area contributed by atoms with Crippen LogP contribution in [-0.4, -0.2) is 34.5 Å². The van der Waals surface area contributed by atoms with Gasteiger partial charge in [-0.25, -0.2) is 4.79 Å². The number of nitrogens with zero attached hydrogens (tertiary/aromatic N) is 1. The van der Waals surface area contributed by atoms with Crippen LogP contribution in [0.25, 0.3) is 0 Å². The zero-order chi connectivity index (χ0) is 11.6. The van der Waals surface area contributed by atoms with Crippen LogP contribution >= 0.6 is 15.9 Å². The van der Waals surface area contributed by atoms with Crippen LogP contribution in [0.3, 0.4) is 0 Å². The van der Waals surface area contributed by atoms with E-state index in [-0.39, 0.29) is 6.09 Å². The van der Waals surface area contributed by atoms with E-state index in [1.165, 1.54) is 0 Å². The first-order valence-corrected chi connectivity index (χ1v) is 6.33. The SMILES string of the molecule is CC(Br)[C@H]1CCN(C(=O)OC(C)(C)C)C1. The molecule has 88 valence electrons. The molecule has 3 nitrogen and oxygen atoms in total. The first-order valence-electron chi connectivity index (χ1n) is 5.41. The first kappa shape index (κ1) is 12.8. The van der Waals surface area contributed by atoms with Crippen LogP contribution in [0, 0.1) is 5.92 Å². The maximum Gasteiger partial charge on any atom is 0.410 e. The standard InChI is InChI=1S/C11H20BrNO2/c1-8(12)9-5-6-13(7-9)10(14)15-11(2,3)4/h8-9H,5-7H2,1-4H3/t8?,9-/m0/s1. The average Bonchev–Trinajstić information content (AvgIpc) is 2.47. The van der Waals surface area contributed by atoms with Crippen molar-refractivity contribution in [2.24, 2.45) is 5.92 Å². The average molecular weight is 278 g/mol. The first-order chi connectivity index (χ1) is 6.79. The fraction of sp³-hybridized carbons (Fsp3) is 0.909. The highest BCUT2D eigenvalue weighted by atomic mass is 79.9. The van der Waals surface area contributed by atoms with E-state index in [1.54, 1.807) is 4.90 Å². The van der Waals surface area contributed by atoms with Crippen LogP contribution in [0.2, 0.25) is 0 Å². The lowest BCUT2D eigenvalue weighted by molar-refractivity contribution is 0.0288. The van der Waals surface area contributed by atoms with Gasteiger partial charge in [-0.2, -0.15) is 0 Å². The van der Waals surface area contributed by atoms with Crippen molar-refractivity contribution in [2.45, 2.75) is 44.5 Å². The van der Waals surface area contributed by atoms with E-state index in [0.717, 1.165) is 19.5 Å². The number of halogens is 1. The third-order valence-electron chi connectivity index (χ3n) is 2.53. The van der Waals surface area contributed by atoms with Crippen LogP contribution < -0.4 is 0 Å². The number of likely N-dealkylation sites (tertiary alicyclic amines) is 1. The quantitative estimate of drug-likeness (QED) is 0.690. The van der Waals surface area contributed by atoms with Crippen molar-refractivity contribution in [3.05, 3.63) is 0 Å². The highest BCUT2D eigenvalue weighted by Crippen LogP contribution is 2.25. The molecule has 0 N–H and O–H groups in total. The lowest BCUT2D eigenvalue weighted by Gasteiger charge is -2.24. The van der Waals surface area contributed by atoms with Gasteiger partial charge in [0.2, 0.25) is 0 Å². The van der Waals surface area contributed by atoms with Crippen molar-refractivity contribution in [1.82, 2.24) is 4.90 Å². The number of hydrogen-bond donors (Lipinski definition) is 0. The molecule has 1 heterocycles. The van der Waals surface area contributed by atoms with Crippen molar-refractivity contribution in [3.63, 3.8) is 0 Å². The van der Waals surface area contributed by atoms with Gasteiger partial charge in [-0.3, -0.25) is 0 Å². The molecule has 0 saturated carbocycles. The number of alkyl halides is 1. The fourth-order valence-corrected chi connectivity index (χ4v) is 2.09. The highest BCUT2D eigenvalue weighted by Gasteiger charge is 2.31. The van der Waals surface area contributed by atoms with E-state index in [0.29, 0.717) is 10.7 Å². The number of ether oxygens (including phenoxy) is 1. The van der Waals surface area contributed by atoms with Crippen molar-refractivity contribution in [1.29, 1.82) is 0 Å². The van der Waals surface area contributed by atoms with Gasteiger partial charge >= 0.3 is 6.09 Å². The van der Waals surface area contributed by atoms with E-state index in [1.807, 2.05) is 20.8 Å². The Morgan fingerprint density at radius 2 is 2.13 bits per heavy atom. The van der Waals surface area contributed by atoms with Gasteiger partial charge in [-0.15, -0.1) is 0 Å². The number of rotatable bonds is 1. The predicted molar refractivity (Wildman–Crippen MR) is 64.3 cm³/mol. The smallest absolute Gasteiger partial charge is 0.410 e. The largest absolute Gasteiger partial charge is 0.444 e. The van der Waals surface area contributed by atoms with Gasteiger partial charge < -0.3 is 9.64 Å². The van der Waals surface area contributed by atoms with Crippen LogP contribution in [0.15, 0.2) is 0 Å². The summed E-state index contributed by atoms with van der Waals surface area (Å²) in [6, 6.07) is 0. The zero-order valence-corrected chi connectivity index (χ0v) is 11.5. The summed E-state index contributed by atoms with van der Waals surface area (Å²) in [7, 11) is 0. The van der Waals surface area contributed by atoms with Crippen LogP contribution in [-0.2, 0) is 4.74 Å². The molecule has 0 bridgehead atoms. The molecule has 1 rings (SSSR count). The fourth-order valence-electron chi connectivity index (χ4n) is 1.65. The molecule has 4 heteroatoms. The Bertz CT molecular complexity index is 235. The van der Waals surface area contributed by atoms with Crippen LogP contribution in [0.4, 0.5) is 4.79 Å². The summed E-state index contributed by atoms with van der Waals surface area (Å²) >= 11 is 3.56. The van der Waals surface area contributed by atoms with Crippen molar-refractivity contribution >= 4 is 22.0 Å². The Morgan fingerprint density at radius 1 is 1.53 bits per heavy atom. The molecule has 15 heavy (non-hydrogen) atoms. The molecule has 1 saturated heterocycles. The third-order valence-corrected chi connectivity index (χ3v) is 3.27. The van der Waals surface area contributed by atoms with Gasteiger partial charge in [0.1, 0.15) is 5.60 Å². The Kier molecular flexibility index (Phi) is 4.04. The molecule has 1 aliphatic heterocycles. The molecular formula is C11H20BrNO2. The van der Waals surface area contributed by atoms with E-state index in [2.05, 4.69) is 22.9 Å². The molecule has 1 unspecified atom stereocenters. The van der Waals surface area contributed by atoms with E-state index < -0.39 is 5.60 Å². The Balaban J connectivity index is 2.44. The molecule has 0 aromatic heterocycles. The number of carbonyl (C=O) groups is 1. The molecule has 0 radical (unpaired) electrons. The number of carbonyl (C=O) groups excluding carboxylic acids is 1. The minimum absolute atomic E-state index is 0.182. The van der Waals surface area contributed by atoms with Crippen molar-refractivity contribution in [2.75, 3.05) is 13.1 Å². The Labute approximate surface area is 100 Å². The zero-order valence-electron chi connectivity index (χ0n) is 9.92. The monoisotopic (exact) mass is 277 g/mol. The van der Waals surface area contributed by atoms with Gasteiger partial charge in [0, 0.05) is 17.9 Å². The summed E-state index contributed by atoms with van der Waals surface area (Å²) < 4.78 is 5.32. The van der Waals surface area contributed by atoms with Crippen LogP contribution in [0.1, 0.15) is 34.1 Å². The van der Waals surface area contributed by atoms with Gasteiger partial charge in [0.15, 0.2) is 0 Å². The van der Waals surface area contributed by atoms with Crippen LogP contribution in [0.5, 0.6) is 0 Å². The lowest BCUT2D eigenvalue weighted by Crippen LogP contribution is -2.35. The summed E-state index contributed by atoms with van der Waals surface area (Å²) in [4.78, 5) is 14.0. The normalized spacial score (nSPS) is 24.1. The second-order valence-electron chi connectivity index (χ2n) is 5.15. The summed E-state index contributed by atoms with van der Waals surface area (Å²) in [5.41, 5.74) is -0.394. The van der Waals surface area contributed by atoms with Crippen molar-refractivity contribution < 1.29 is 9.53 Å². The van der Waals surface area contributed by atoms with E-state index >= 15 is 0 Å². The predicted octanol–water partition coefficient (Wildman–Crippen LogP) is 3.03. The van der Waals surface area contributed by atoms with Crippen molar-refractivity contribution in [3.8, 4) is 0 Å². The molecule has 1 fully saturated rings. The van der Waals surface area contributed by atoms with Gasteiger partial charge in [0.25, 0.3) is 0 Å². The van der Waals surface area contributed by atoms with Gasteiger partial charge in [-0.1, -0.05) is 22.9 Å². The minimum Gasteiger partial charge on any atom is -0.444 e. The maximum atomic E-state index is 11.7. The molecule has 1 aliphatic rings. The second kappa shape index (κ2) is 4.73. The van der Waals surface area contributed by atoms with Gasteiger partial charge in [-0.05, 0) is 33.1 Å². The molecule has 2 atom stereocenters. The number of hydrogen-bond acceptors (Lipinski definition) is 2. The highest BCUT2D eigenvalue weighted by molar-refractivity contribution is 9.09. The minimum atomic E-state index is -0.394. The maximum absolute atomic E-state index is 11.7. The molecule has 0 aromatic carbocycles. The molecule has 0 aromatic rings. The summed E-state index contributed by atoms with van der Waals surface area (Å²) in [5, 5.41) is 0. The summed E-state index contributed by atoms with van der Waals surface area (Å²) in [6.07, 6.45) is 0.879. The second-order valence-corrected chi connectivity index (χ2v) is 6.60. The summed E-state index contributed by atoms with van der Waals surface area (Å²) in [6.45, 7) is 9.43. The lowest BCUT2D eigenvalue weighted by atomic mass is 10.1. The molecule has 0 spiro atoms.